The average Bonchev–Trinajstić information content (AvgIpc) is 3.24. The fourth-order valence-electron chi connectivity index (χ4n) is 3.44. The molecular formula is C22H30IN3O3. The van der Waals surface area contributed by atoms with Gasteiger partial charge in [0.05, 0.1) is 20.8 Å². The molecule has 1 N–H and O–H groups in total. The van der Waals surface area contributed by atoms with Crippen molar-refractivity contribution in [2.75, 3.05) is 47.5 Å². The van der Waals surface area contributed by atoms with Crippen LogP contribution >= 0.6 is 24.0 Å². The Morgan fingerprint density at radius 3 is 2.17 bits per heavy atom. The van der Waals surface area contributed by atoms with Crippen LogP contribution in [0.1, 0.15) is 17.9 Å². The quantitative estimate of drug-likeness (QED) is 0.266. The lowest BCUT2D eigenvalue weighted by atomic mass is 9.98. The molecule has 0 saturated carbocycles. The molecule has 158 valence electrons. The van der Waals surface area contributed by atoms with E-state index in [1.54, 1.807) is 14.2 Å². The van der Waals surface area contributed by atoms with Crippen molar-refractivity contribution in [3.05, 3.63) is 54.1 Å². The second kappa shape index (κ2) is 11.7. The average molecular weight is 511 g/mol. The molecule has 1 fully saturated rings. The molecule has 7 heteroatoms. The number of guanidine groups is 1. The third-order valence-corrected chi connectivity index (χ3v) is 5.00. The highest BCUT2D eigenvalue weighted by Crippen LogP contribution is 2.28. The van der Waals surface area contributed by atoms with Crippen molar-refractivity contribution in [1.29, 1.82) is 0 Å². The lowest BCUT2D eigenvalue weighted by Crippen LogP contribution is -2.41. The molecule has 0 amide bonds. The Kier molecular flexibility index (Phi) is 9.37. The van der Waals surface area contributed by atoms with E-state index < -0.39 is 0 Å². The molecular weight excluding hydrogens is 481 g/mol. The van der Waals surface area contributed by atoms with Crippen molar-refractivity contribution in [2.45, 2.75) is 12.3 Å². The second-order valence-corrected chi connectivity index (χ2v) is 6.70. The Morgan fingerprint density at radius 1 is 1.00 bits per heavy atom. The normalized spacial score (nSPS) is 16.2. The number of ether oxygens (including phenoxy) is 3. The first kappa shape index (κ1) is 23.1. The van der Waals surface area contributed by atoms with Gasteiger partial charge in [-0.1, -0.05) is 12.1 Å². The van der Waals surface area contributed by atoms with Crippen LogP contribution in [0, 0.1) is 0 Å². The van der Waals surface area contributed by atoms with Gasteiger partial charge in [0.1, 0.15) is 23.9 Å². The van der Waals surface area contributed by atoms with Crippen LogP contribution in [-0.4, -0.2) is 58.4 Å². The number of hydrogen-bond acceptors (Lipinski definition) is 4. The van der Waals surface area contributed by atoms with Gasteiger partial charge < -0.3 is 24.4 Å². The minimum absolute atomic E-state index is 0. The van der Waals surface area contributed by atoms with Crippen molar-refractivity contribution in [1.82, 2.24) is 10.2 Å². The first-order valence-electron chi connectivity index (χ1n) is 9.60. The van der Waals surface area contributed by atoms with Gasteiger partial charge in [-0.2, -0.15) is 0 Å². The summed E-state index contributed by atoms with van der Waals surface area (Å²) >= 11 is 0. The summed E-state index contributed by atoms with van der Waals surface area (Å²) in [5, 5.41) is 3.40. The van der Waals surface area contributed by atoms with Gasteiger partial charge in [-0.05, 0) is 48.4 Å². The maximum absolute atomic E-state index is 5.77. The summed E-state index contributed by atoms with van der Waals surface area (Å²) in [6.45, 7) is 3.23. The van der Waals surface area contributed by atoms with Gasteiger partial charge in [-0.3, -0.25) is 4.99 Å². The van der Waals surface area contributed by atoms with Crippen molar-refractivity contribution in [3.8, 4) is 17.2 Å². The van der Waals surface area contributed by atoms with Crippen LogP contribution in [0.5, 0.6) is 17.2 Å². The highest BCUT2D eigenvalue weighted by Gasteiger charge is 2.25. The lowest BCUT2D eigenvalue weighted by Gasteiger charge is -2.22. The molecule has 1 aliphatic rings. The SMILES string of the molecule is CN=C(NCCOc1ccc(OC)cc1)N1CCC(c2ccc(OC)cc2)C1.I. The molecule has 0 bridgehead atoms. The Morgan fingerprint density at radius 2 is 1.59 bits per heavy atom. The van der Waals surface area contributed by atoms with Gasteiger partial charge in [-0.15, -0.1) is 24.0 Å². The van der Waals surface area contributed by atoms with Crippen molar-refractivity contribution in [2.24, 2.45) is 4.99 Å². The molecule has 0 spiro atoms. The lowest BCUT2D eigenvalue weighted by molar-refractivity contribution is 0.318. The molecule has 1 unspecified atom stereocenters. The zero-order valence-corrected chi connectivity index (χ0v) is 19.6. The predicted octanol–water partition coefficient (Wildman–Crippen LogP) is 3.77. The third kappa shape index (κ3) is 6.42. The van der Waals surface area contributed by atoms with Crippen LogP contribution < -0.4 is 19.5 Å². The summed E-state index contributed by atoms with van der Waals surface area (Å²) in [4.78, 5) is 6.74. The molecule has 6 nitrogen and oxygen atoms in total. The van der Waals surface area contributed by atoms with E-state index in [0.717, 1.165) is 42.7 Å². The maximum Gasteiger partial charge on any atom is 0.193 e. The molecule has 0 aromatic heterocycles. The summed E-state index contributed by atoms with van der Waals surface area (Å²) < 4.78 is 16.2. The molecule has 0 aliphatic carbocycles. The largest absolute Gasteiger partial charge is 0.497 e. The fourth-order valence-corrected chi connectivity index (χ4v) is 3.44. The molecule has 1 aliphatic heterocycles. The molecule has 2 aromatic rings. The number of rotatable bonds is 7. The Bertz CT molecular complexity index is 766. The topological polar surface area (TPSA) is 55.3 Å². The fraction of sp³-hybridized carbons (Fsp3) is 0.409. The van der Waals surface area contributed by atoms with E-state index in [-0.39, 0.29) is 24.0 Å². The van der Waals surface area contributed by atoms with Crippen LogP contribution in [0.15, 0.2) is 53.5 Å². The van der Waals surface area contributed by atoms with E-state index in [4.69, 9.17) is 14.2 Å². The van der Waals surface area contributed by atoms with Crippen LogP contribution in [-0.2, 0) is 0 Å². The van der Waals surface area contributed by atoms with E-state index in [1.165, 1.54) is 5.56 Å². The van der Waals surface area contributed by atoms with Gasteiger partial charge in [0, 0.05) is 26.1 Å². The zero-order valence-electron chi connectivity index (χ0n) is 17.3. The standard InChI is InChI=1S/C22H29N3O3.HI/c1-23-22(24-13-15-28-21-10-8-20(27-3)9-11-21)25-14-12-18(16-25)17-4-6-19(26-2)7-5-17;/h4-11,18H,12-16H2,1-3H3,(H,23,24);1H. The monoisotopic (exact) mass is 511 g/mol. The summed E-state index contributed by atoms with van der Waals surface area (Å²) in [5.41, 5.74) is 1.35. The Balaban J connectivity index is 0.00000300. The van der Waals surface area contributed by atoms with Crippen LogP contribution in [0.25, 0.3) is 0 Å². The Hall–Kier alpha value is -2.16. The molecule has 2 aromatic carbocycles. The smallest absolute Gasteiger partial charge is 0.193 e. The van der Waals surface area contributed by atoms with Crippen LogP contribution in [0.3, 0.4) is 0 Å². The number of benzene rings is 2. The van der Waals surface area contributed by atoms with Gasteiger partial charge >= 0.3 is 0 Å². The van der Waals surface area contributed by atoms with Gasteiger partial charge in [0.25, 0.3) is 0 Å². The zero-order chi connectivity index (χ0) is 19.8. The predicted molar refractivity (Wildman–Crippen MR) is 127 cm³/mol. The molecule has 29 heavy (non-hydrogen) atoms. The molecule has 0 radical (unpaired) electrons. The van der Waals surface area contributed by atoms with E-state index in [2.05, 4.69) is 27.3 Å². The number of nitrogens with zero attached hydrogens (tertiary/aromatic N) is 2. The highest BCUT2D eigenvalue weighted by molar-refractivity contribution is 14.0. The van der Waals surface area contributed by atoms with E-state index in [9.17, 15) is 0 Å². The first-order chi connectivity index (χ1) is 13.7. The van der Waals surface area contributed by atoms with E-state index in [0.29, 0.717) is 19.1 Å². The number of nitrogens with one attached hydrogen (secondary N) is 1. The maximum atomic E-state index is 5.77. The number of aliphatic imine (C=N–C) groups is 1. The molecule has 1 saturated heterocycles. The summed E-state index contributed by atoms with van der Waals surface area (Å²) in [6.07, 6.45) is 1.12. The summed E-state index contributed by atoms with van der Waals surface area (Å²) in [5.74, 6) is 3.99. The van der Waals surface area contributed by atoms with Crippen molar-refractivity contribution < 1.29 is 14.2 Å². The first-order valence-corrected chi connectivity index (χ1v) is 9.60. The molecule has 1 heterocycles. The summed E-state index contributed by atoms with van der Waals surface area (Å²) in [6, 6.07) is 16.0. The second-order valence-electron chi connectivity index (χ2n) is 6.70. The van der Waals surface area contributed by atoms with Crippen molar-refractivity contribution in [3.63, 3.8) is 0 Å². The highest BCUT2D eigenvalue weighted by atomic mass is 127. The van der Waals surface area contributed by atoms with Crippen LogP contribution in [0.4, 0.5) is 0 Å². The van der Waals surface area contributed by atoms with Gasteiger partial charge in [0.2, 0.25) is 0 Å². The number of halogens is 1. The molecule has 3 rings (SSSR count). The van der Waals surface area contributed by atoms with Crippen molar-refractivity contribution >= 4 is 29.9 Å². The van der Waals surface area contributed by atoms with E-state index in [1.807, 2.05) is 43.4 Å². The minimum Gasteiger partial charge on any atom is -0.497 e. The molecule has 1 atom stereocenters. The third-order valence-electron chi connectivity index (χ3n) is 5.00. The minimum atomic E-state index is 0. The number of hydrogen-bond donors (Lipinski definition) is 1. The summed E-state index contributed by atoms with van der Waals surface area (Å²) in [7, 11) is 5.18. The van der Waals surface area contributed by atoms with Gasteiger partial charge in [-0.25, -0.2) is 0 Å². The Labute approximate surface area is 190 Å². The number of likely N-dealkylation sites (tertiary alicyclic amines) is 1. The van der Waals surface area contributed by atoms with E-state index >= 15 is 0 Å². The van der Waals surface area contributed by atoms with Crippen LogP contribution in [0.2, 0.25) is 0 Å². The van der Waals surface area contributed by atoms with Gasteiger partial charge in [0.15, 0.2) is 5.96 Å². The number of methoxy groups -OCH3 is 2.